The largest absolute Gasteiger partial charge is 0.487 e. The summed E-state index contributed by atoms with van der Waals surface area (Å²) in [5.74, 6) is -0.0892. The minimum atomic E-state index is -0.330. The summed E-state index contributed by atoms with van der Waals surface area (Å²) in [4.78, 5) is 12.0. The molecule has 1 fully saturated rings. The van der Waals surface area contributed by atoms with Gasteiger partial charge in [-0.2, -0.15) is 0 Å². The molecule has 0 radical (unpaired) electrons. The fourth-order valence-electron chi connectivity index (χ4n) is 2.07. The van der Waals surface area contributed by atoms with E-state index in [1.165, 1.54) is 6.07 Å². The van der Waals surface area contributed by atoms with Crippen molar-refractivity contribution in [1.29, 1.82) is 0 Å². The van der Waals surface area contributed by atoms with Crippen LogP contribution in [0.2, 0.25) is 0 Å². The number of carbonyl (C=O) groups excluding carboxylic acids is 1. The number of carbonyl (C=O) groups is 1. The molecular weight excluding hydrogens is 283 g/mol. The smallest absolute Gasteiger partial charge is 0.251 e. The Morgan fingerprint density at radius 1 is 1.27 bits per heavy atom. The Bertz CT molecular complexity index is 699. The molecule has 4 nitrogen and oxygen atoms in total. The molecule has 0 atom stereocenters. The average Bonchev–Trinajstić information content (AvgIpc) is 3.31. The summed E-state index contributed by atoms with van der Waals surface area (Å²) >= 11 is 0. The number of amides is 1. The Morgan fingerprint density at radius 3 is 2.77 bits per heavy atom. The molecule has 2 aromatic rings. The maximum atomic E-state index is 13.6. The van der Waals surface area contributed by atoms with E-state index in [1.54, 1.807) is 36.4 Å². The third kappa shape index (κ3) is 3.36. The summed E-state index contributed by atoms with van der Waals surface area (Å²) in [5, 5.41) is 2.90. The number of hydrogen-bond acceptors (Lipinski definition) is 3. The van der Waals surface area contributed by atoms with E-state index >= 15 is 0 Å². The van der Waals surface area contributed by atoms with E-state index in [9.17, 15) is 9.18 Å². The summed E-state index contributed by atoms with van der Waals surface area (Å²) in [6.07, 6.45) is 2.05. The Kier molecular flexibility index (Phi) is 3.96. The van der Waals surface area contributed by atoms with Crippen molar-refractivity contribution < 1.29 is 13.9 Å². The quantitative estimate of drug-likeness (QED) is 0.835. The molecule has 0 bridgehead atoms. The highest BCUT2D eigenvalue weighted by molar-refractivity contribution is 5.95. The number of anilines is 1. The molecule has 3 N–H and O–H groups in total. The van der Waals surface area contributed by atoms with Gasteiger partial charge in [0.1, 0.15) is 18.2 Å². The highest BCUT2D eigenvalue weighted by Gasteiger charge is 2.24. The maximum Gasteiger partial charge on any atom is 0.251 e. The average molecular weight is 300 g/mol. The van der Waals surface area contributed by atoms with Crippen molar-refractivity contribution in [3.8, 4) is 5.75 Å². The molecule has 0 saturated heterocycles. The topological polar surface area (TPSA) is 64.4 Å². The van der Waals surface area contributed by atoms with Crippen molar-refractivity contribution in [2.24, 2.45) is 0 Å². The zero-order valence-electron chi connectivity index (χ0n) is 12.0. The van der Waals surface area contributed by atoms with Gasteiger partial charge in [-0.05, 0) is 37.1 Å². The number of benzene rings is 2. The number of nitrogen functional groups attached to an aromatic ring is 1. The van der Waals surface area contributed by atoms with E-state index < -0.39 is 0 Å². The molecule has 2 aromatic carbocycles. The number of hydrogen-bond donors (Lipinski definition) is 2. The molecular formula is C17H17FN2O2. The Labute approximate surface area is 128 Å². The molecule has 3 rings (SSSR count). The first kappa shape index (κ1) is 14.4. The highest BCUT2D eigenvalue weighted by Crippen LogP contribution is 2.25. The van der Waals surface area contributed by atoms with E-state index in [0.29, 0.717) is 22.6 Å². The summed E-state index contributed by atoms with van der Waals surface area (Å²) < 4.78 is 19.1. The van der Waals surface area contributed by atoms with Crippen LogP contribution in [0.25, 0.3) is 0 Å². The van der Waals surface area contributed by atoms with Gasteiger partial charge in [0.25, 0.3) is 5.91 Å². The zero-order valence-corrected chi connectivity index (χ0v) is 12.0. The van der Waals surface area contributed by atoms with Crippen LogP contribution in [0.3, 0.4) is 0 Å². The molecule has 22 heavy (non-hydrogen) atoms. The zero-order chi connectivity index (χ0) is 15.5. The van der Waals surface area contributed by atoms with Crippen LogP contribution in [0, 0.1) is 5.82 Å². The predicted octanol–water partition coefficient (Wildman–Crippen LogP) is 2.88. The van der Waals surface area contributed by atoms with Crippen molar-refractivity contribution in [3.63, 3.8) is 0 Å². The summed E-state index contributed by atoms with van der Waals surface area (Å²) in [7, 11) is 0. The monoisotopic (exact) mass is 300 g/mol. The van der Waals surface area contributed by atoms with Crippen LogP contribution in [0.5, 0.6) is 5.75 Å². The normalized spacial score (nSPS) is 13.7. The lowest BCUT2D eigenvalue weighted by Gasteiger charge is -2.11. The van der Waals surface area contributed by atoms with E-state index in [1.807, 2.05) is 0 Å². The molecule has 1 amide bonds. The fraction of sp³-hybridized carbons (Fsp3) is 0.235. The molecule has 1 aliphatic carbocycles. The van der Waals surface area contributed by atoms with Crippen LogP contribution in [-0.2, 0) is 6.61 Å². The first-order valence-corrected chi connectivity index (χ1v) is 7.20. The molecule has 1 aliphatic rings. The van der Waals surface area contributed by atoms with E-state index in [0.717, 1.165) is 12.8 Å². The minimum absolute atomic E-state index is 0.0601. The number of nitrogens with one attached hydrogen (secondary N) is 1. The van der Waals surface area contributed by atoms with Crippen molar-refractivity contribution >= 4 is 11.6 Å². The van der Waals surface area contributed by atoms with Gasteiger partial charge in [-0.15, -0.1) is 0 Å². The van der Waals surface area contributed by atoms with Crippen molar-refractivity contribution in [2.45, 2.75) is 25.5 Å². The van der Waals surface area contributed by atoms with Crippen LogP contribution in [0.15, 0.2) is 42.5 Å². The van der Waals surface area contributed by atoms with Crippen LogP contribution >= 0.6 is 0 Å². The van der Waals surface area contributed by atoms with Gasteiger partial charge in [-0.25, -0.2) is 4.39 Å². The summed E-state index contributed by atoms with van der Waals surface area (Å²) in [5.41, 5.74) is 7.20. The van der Waals surface area contributed by atoms with Crippen LogP contribution in [0.4, 0.5) is 10.1 Å². The SMILES string of the molecule is Nc1ccc(C(=O)NC2CC2)cc1OCc1ccccc1F. The van der Waals surface area contributed by atoms with Gasteiger partial charge in [-0.3, -0.25) is 4.79 Å². The second kappa shape index (κ2) is 6.05. The van der Waals surface area contributed by atoms with Gasteiger partial charge in [0.05, 0.1) is 5.69 Å². The van der Waals surface area contributed by atoms with Crippen LogP contribution in [-0.4, -0.2) is 11.9 Å². The number of halogens is 1. The molecule has 0 aliphatic heterocycles. The Balaban J connectivity index is 1.72. The van der Waals surface area contributed by atoms with Gasteiger partial charge in [0.2, 0.25) is 0 Å². The number of rotatable bonds is 5. The standard InChI is InChI=1S/C17H17FN2O2/c18-14-4-2-1-3-12(14)10-22-16-9-11(5-8-15(16)19)17(21)20-13-6-7-13/h1-5,8-9,13H,6-7,10,19H2,(H,20,21). The molecule has 5 heteroatoms. The molecule has 0 aromatic heterocycles. The lowest BCUT2D eigenvalue weighted by Crippen LogP contribution is -2.25. The van der Waals surface area contributed by atoms with Gasteiger partial charge in [-0.1, -0.05) is 18.2 Å². The van der Waals surface area contributed by atoms with Gasteiger partial charge in [0.15, 0.2) is 0 Å². The second-order valence-corrected chi connectivity index (χ2v) is 5.38. The summed E-state index contributed by atoms with van der Waals surface area (Å²) in [6, 6.07) is 11.5. The lowest BCUT2D eigenvalue weighted by atomic mass is 10.1. The fourth-order valence-corrected chi connectivity index (χ4v) is 2.07. The van der Waals surface area contributed by atoms with Crippen molar-refractivity contribution in [1.82, 2.24) is 5.32 Å². The van der Waals surface area contributed by atoms with Gasteiger partial charge in [0, 0.05) is 17.2 Å². The number of nitrogens with two attached hydrogens (primary N) is 1. The molecule has 1 saturated carbocycles. The molecule has 114 valence electrons. The third-order valence-corrected chi connectivity index (χ3v) is 3.53. The predicted molar refractivity (Wildman–Crippen MR) is 82.1 cm³/mol. The van der Waals surface area contributed by atoms with E-state index in [2.05, 4.69) is 5.32 Å². The van der Waals surface area contributed by atoms with Crippen LogP contribution in [0.1, 0.15) is 28.8 Å². The highest BCUT2D eigenvalue weighted by atomic mass is 19.1. The summed E-state index contributed by atoms with van der Waals surface area (Å²) in [6.45, 7) is 0.0601. The third-order valence-electron chi connectivity index (χ3n) is 3.53. The van der Waals surface area contributed by atoms with E-state index in [4.69, 9.17) is 10.5 Å². The Morgan fingerprint density at radius 2 is 2.05 bits per heavy atom. The van der Waals surface area contributed by atoms with Gasteiger partial charge < -0.3 is 15.8 Å². The van der Waals surface area contributed by atoms with Crippen molar-refractivity contribution in [3.05, 3.63) is 59.4 Å². The van der Waals surface area contributed by atoms with Crippen molar-refractivity contribution in [2.75, 3.05) is 5.73 Å². The first-order chi connectivity index (χ1) is 10.6. The van der Waals surface area contributed by atoms with E-state index in [-0.39, 0.29) is 24.4 Å². The minimum Gasteiger partial charge on any atom is -0.487 e. The maximum absolute atomic E-state index is 13.6. The lowest BCUT2D eigenvalue weighted by molar-refractivity contribution is 0.0950. The Hall–Kier alpha value is -2.56. The second-order valence-electron chi connectivity index (χ2n) is 5.38. The first-order valence-electron chi connectivity index (χ1n) is 7.20. The van der Waals surface area contributed by atoms with Gasteiger partial charge >= 0.3 is 0 Å². The molecule has 0 spiro atoms. The number of ether oxygens (including phenoxy) is 1. The molecule has 0 heterocycles. The molecule has 0 unspecified atom stereocenters. The van der Waals surface area contributed by atoms with Crippen LogP contribution < -0.4 is 15.8 Å².